The zero-order chi connectivity index (χ0) is 13.9. The van der Waals surface area contributed by atoms with E-state index in [2.05, 4.69) is 26.8 Å². The lowest BCUT2D eigenvalue weighted by Gasteiger charge is -2.25. The van der Waals surface area contributed by atoms with Crippen LogP contribution >= 0.6 is 0 Å². The van der Waals surface area contributed by atoms with E-state index in [4.69, 9.17) is 6.42 Å². The lowest BCUT2D eigenvalue weighted by atomic mass is 10.2. The van der Waals surface area contributed by atoms with Gasteiger partial charge in [-0.1, -0.05) is 18.1 Å². The molecule has 0 atom stereocenters. The van der Waals surface area contributed by atoms with Crippen LogP contribution in [0.4, 0.5) is 5.69 Å². The first-order valence-electron chi connectivity index (χ1n) is 6.27. The molecule has 0 unspecified atom stereocenters. The summed E-state index contributed by atoms with van der Waals surface area (Å²) in [6.45, 7) is 1.66. The number of rotatable bonds is 3. The Morgan fingerprint density at radius 2 is 2.25 bits per heavy atom. The Hall–Kier alpha value is -2.65. The monoisotopic (exact) mass is 267 g/mol. The summed E-state index contributed by atoms with van der Waals surface area (Å²) < 4.78 is 0. The molecule has 100 valence electrons. The highest BCUT2D eigenvalue weighted by Crippen LogP contribution is 2.15. The summed E-state index contributed by atoms with van der Waals surface area (Å²) >= 11 is 0. The molecule has 1 amide bonds. The van der Waals surface area contributed by atoms with Crippen molar-refractivity contribution in [1.82, 2.24) is 20.3 Å². The molecule has 1 saturated heterocycles. The molecule has 1 fully saturated rings. The van der Waals surface area contributed by atoms with Gasteiger partial charge < -0.3 is 10.6 Å². The van der Waals surface area contributed by atoms with Gasteiger partial charge in [0.15, 0.2) is 5.69 Å². The predicted octanol–water partition coefficient (Wildman–Crippen LogP) is 0.656. The van der Waals surface area contributed by atoms with Crippen LogP contribution < -0.4 is 10.6 Å². The van der Waals surface area contributed by atoms with Crippen LogP contribution in [0, 0.1) is 12.3 Å². The Morgan fingerprint density at radius 1 is 1.45 bits per heavy atom. The van der Waals surface area contributed by atoms with Crippen molar-refractivity contribution in [3.63, 3.8) is 0 Å². The summed E-state index contributed by atoms with van der Waals surface area (Å²) in [5.74, 6) is 2.22. The molecular weight excluding hydrogens is 254 g/mol. The predicted molar refractivity (Wildman–Crippen MR) is 74.3 cm³/mol. The fraction of sp³-hybridized carbons (Fsp3) is 0.214. The fourth-order valence-electron chi connectivity index (χ4n) is 1.90. The first-order chi connectivity index (χ1) is 9.78. The number of nitrogens with zero attached hydrogens (tertiary/aromatic N) is 3. The van der Waals surface area contributed by atoms with E-state index in [1.54, 1.807) is 16.9 Å². The first kappa shape index (κ1) is 12.4. The van der Waals surface area contributed by atoms with Crippen LogP contribution in [-0.2, 0) is 0 Å². The minimum Gasteiger partial charge on any atom is -0.319 e. The number of hydrogen-bond acceptors (Lipinski definition) is 4. The van der Waals surface area contributed by atoms with Crippen molar-refractivity contribution in [3.05, 3.63) is 41.7 Å². The lowest BCUT2D eigenvalue weighted by Crippen LogP contribution is -2.44. The van der Waals surface area contributed by atoms with Gasteiger partial charge in [0, 0.05) is 18.7 Å². The third kappa shape index (κ3) is 2.27. The average Bonchev–Trinajstić information content (AvgIpc) is 2.87. The van der Waals surface area contributed by atoms with Gasteiger partial charge in [-0.2, -0.15) is 9.90 Å². The number of benzene rings is 1. The van der Waals surface area contributed by atoms with Crippen LogP contribution in [-0.4, -0.2) is 34.0 Å². The maximum absolute atomic E-state index is 12.1. The molecule has 0 radical (unpaired) electrons. The van der Waals surface area contributed by atoms with E-state index in [0.717, 1.165) is 13.1 Å². The summed E-state index contributed by atoms with van der Waals surface area (Å²) in [4.78, 5) is 13.7. The maximum atomic E-state index is 12.1. The summed E-state index contributed by atoms with van der Waals surface area (Å²) in [7, 11) is 0. The van der Waals surface area contributed by atoms with Gasteiger partial charge in [0.05, 0.1) is 17.9 Å². The van der Waals surface area contributed by atoms with Gasteiger partial charge in [0.25, 0.3) is 5.91 Å². The van der Waals surface area contributed by atoms with Crippen molar-refractivity contribution < 1.29 is 4.79 Å². The van der Waals surface area contributed by atoms with Crippen LogP contribution in [0.2, 0.25) is 0 Å². The Morgan fingerprint density at radius 3 is 2.95 bits per heavy atom. The molecule has 0 spiro atoms. The quantitative estimate of drug-likeness (QED) is 0.801. The zero-order valence-corrected chi connectivity index (χ0v) is 10.7. The van der Waals surface area contributed by atoms with E-state index in [0.29, 0.717) is 11.3 Å². The van der Waals surface area contributed by atoms with Gasteiger partial charge in [0.2, 0.25) is 0 Å². The highest BCUT2D eigenvalue weighted by Gasteiger charge is 2.22. The van der Waals surface area contributed by atoms with Crippen molar-refractivity contribution >= 4 is 11.6 Å². The van der Waals surface area contributed by atoms with E-state index in [9.17, 15) is 4.79 Å². The maximum Gasteiger partial charge on any atom is 0.277 e. The number of anilines is 1. The van der Waals surface area contributed by atoms with Crippen molar-refractivity contribution in [2.75, 3.05) is 18.4 Å². The van der Waals surface area contributed by atoms with Gasteiger partial charge in [-0.3, -0.25) is 4.79 Å². The minimum absolute atomic E-state index is 0.231. The van der Waals surface area contributed by atoms with Gasteiger partial charge in [-0.15, -0.1) is 11.5 Å². The molecule has 6 heteroatoms. The van der Waals surface area contributed by atoms with E-state index in [-0.39, 0.29) is 17.6 Å². The van der Waals surface area contributed by atoms with E-state index in [1.807, 2.05) is 12.1 Å². The average molecular weight is 267 g/mol. The number of amides is 1. The molecule has 0 bridgehead atoms. The molecule has 1 aromatic heterocycles. The van der Waals surface area contributed by atoms with Gasteiger partial charge in [-0.25, -0.2) is 0 Å². The minimum atomic E-state index is -0.314. The molecule has 6 nitrogen and oxygen atoms in total. The van der Waals surface area contributed by atoms with Crippen LogP contribution in [0.25, 0.3) is 0 Å². The molecule has 0 aliphatic carbocycles. The summed E-state index contributed by atoms with van der Waals surface area (Å²) in [6.07, 6.45) is 6.86. The van der Waals surface area contributed by atoms with E-state index >= 15 is 0 Å². The van der Waals surface area contributed by atoms with Crippen molar-refractivity contribution in [2.45, 2.75) is 6.04 Å². The van der Waals surface area contributed by atoms with Crippen molar-refractivity contribution in [1.29, 1.82) is 0 Å². The van der Waals surface area contributed by atoms with Gasteiger partial charge in [0.1, 0.15) is 0 Å². The van der Waals surface area contributed by atoms with E-state index < -0.39 is 0 Å². The highest BCUT2D eigenvalue weighted by atomic mass is 16.2. The first-order valence-corrected chi connectivity index (χ1v) is 6.27. The van der Waals surface area contributed by atoms with Gasteiger partial charge >= 0.3 is 0 Å². The summed E-state index contributed by atoms with van der Waals surface area (Å²) in [5.41, 5.74) is 1.51. The third-order valence-electron chi connectivity index (χ3n) is 3.16. The summed E-state index contributed by atoms with van der Waals surface area (Å²) in [6, 6.07) is 7.40. The molecule has 1 aliphatic rings. The smallest absolute Gasteiger partial charge is 0.277 e. The number of nitrogens with one attached hydrogen (secondary N) is 2. The van der Waals surface area contributed by atoms with E-state index in [1.165, 1.54) is 6.20 Å². The fourth-order valence-corrected chi connectivity index (χ4v) is 1.90. The molecule has 0 saturated carbocycles. The second kappa shape index (κ2) is 5.15. The normalized spacial score (nSPS) is 14.3. The Kier molecular flexibility index (Phi) is 3.19. The number of carbonyl (C=O) groups excluding carboxylic acids is 1. The Bertz CT molecular complexity index is 681. The second-order valence-corrected chi connectivity index (χ2v) is 4.51. The number of carbonyl (C=O) groups is 1. The lowest BCUT2D eigenvalue weighted by molar-refractivity contribution is 0.102. The number of hydrogen-bond donors (Lipinski definition) is 2. The molecule has 1 aromatic carbocycles. The Balaban J connectivity index is 1.76. The molecule has 20 heavy (non-hydrogen) atoms. The number of para-hydroxylation sites is 1. The molecule has 3 rings (SSSR count). The molecular formula is C14H13N5O. The molecule has 1 aliphatic heterocycles. The number of aromatic nitrogens is 3. The Labute approximate surface area is 116 Å². The topological polar surface area (TPSA) is 71.8 Å². The SMILES string of the molecule is C#Cc1ccccc1NC(=O)c1cnn(C2CNC2)n1. The van der Waals surface area contributed by atoms with Crippen LogP contribution in [0.5, 0.6) is 0 Å². The number of terminal acetylenes is 1. The summed E-state index contributed by atoms with van der Waals surface area (Å²) in [5, 5.41) is 14.2. The van der Waals surface area contributed by atoms with Crippen molar-refractivity contribution in [3.8, 4) is 12.3 Å². The molecule has 2 heterocycles. The molecule has 2 N–H and O–H groups in total. The van der Waals surface area contributed by atoms with Crippen LogP contribution in [0.15, 0.2) is 30.5 Å². The third-order valence-corrected chi connectivity index (χ3v) is 3.16. The van der Waals surface area contributed by atoms with Crippen LogP contribution in [0.1, 0.15) is 22.1 Å². The van der Waals surface area contributed by atoms with Crippen LogP contribution in [0.3, 0.4) is 0 Å². The second-order valence-electron chi connectivity index (χ2n) is 4.51. The molecule has 2 aromatic rings. The standard InChI is InChI=1S/C14H13N5O/c1-2-10-5-3-4-6-12(10)17-14(20)13-9-16-19(18-13)11-7-15-8-11/h1,3-6,9,11,15H,7-8H2,(H,17,20). The highest BCUT2D eigenvalue weighted by molar-refractivity contribution is 6.03. The van der Waals surface area contributed by atoms with Crippen molar-refractivity contribution in [2.24, 2.45) is 0 Å². The van der Waals surface area contributed by atoms with Gasteiger partial charge in [-0.05, 0) is 12.1 Å². The largest absolute Gasteiger partial charge is 0.319 e. The zero-order valence-electron chi connectivity index (χ0n) is 10.7.